The van der Waals surface area contributed by atoms with Crippen LogP contribution in [-0.2, 0) is 21.4 Å². The lowest BCUT2D eigenvalue weighted by Gasteiger charge is -2.38. The van der Waals surface area contributed by atoms with E-state index in [0.717, 1.165) is 30.8 Å². The molecule has 0 bridgehead atoms. The third-order valence-electron chi connectivity index (χ3n) is 6.57. The van der Waals surface area contributed by atoms with Crippen molar-refractivity contribution in [2.45, 2.75) is 19.4 Å². The predicted molar refractivity (Wildman–Crippen MR) is 132 cm³/mol. The highest BCUT2D eigenvalue weighted by atomic mass is 32.2. The predicted octanol–water partition coefficient (Wildman–Crippen LogP) is 2.92. The average molecular weight is 479 g/mol. The monoisotopic (exact) mass is 478 g/mol. The highest BCUT2D eigenvalue weighted by Gasteiger charge is 2.33. The van der Waals surface area contributed by atoms with Gasteiger partial charge in [-0.3, -0.25) is 9.69 Å². The number of piperazine rings is 1. The molecule has 4 rings (SSSR count). The normalized spacial score (nSPS) is 18.7. The number of benzene rings is 2. The van der Waals surface area contributed by atoms with Crippen molar-refractivity contribution in [1.29, 1.82) is 5.26 Å². The van der Waals surface area contributed by atoms with Crippen LogP contribution in [0.15, 0.2) is 60.0 Å². The molecule has 2 heterocycles. The van der Waals surface area contributed by atoms with E-state index in [2.05, 4.69) is 11.0 Å². The zero-order valence-corrected chi connectivity index (χ0v) is 20.0. The standard InChI is InChI=1S/C26H30N4O3S/c27-20-23-6-8-24(9-7-23)21-28-15-17-29(18-16-28)26(31)25-10-13-30(14-11-25)34(32,33)19-12-22-4-2-1-3-5-22/h1-9,12,19,25H,10-11,13-18,21H2. The van der Waals surface area contributed by atoms with Gasteiger partial charge in [-0.1, -0.05) is 42.5 Å². The maximum atomic E-state index is 13.1. The van der Waals surface area contributed by atoms with Crippen molar-refractivity contribution >= 4 is 22.0 Å². The number of carbonyl (C=O) groups is 1. The molecular weight excluding hydrogens is 448 g/mol. The Balaban J connectivity index is 1.23. The smallest absolute Gasteiger partial charge is 0.236 e. The number of hydrogen-bond acceptors (Lipinski definition) is 5. The summed E-state index contributed by atoms with van der Waals surface area (Å²) in [5.41, 5.74) is 2.66. The molecule has 178 valence electrons. The minimum atomic E-state index is -3.49. The molecule has 0 radical (unpaired) electrons. The summed E-state index contributed by atoms with van der Waals surface area (Å²) in [6.07, 6.45) is 2.73. The maximum absolute atomic E-state index is 13.1. The molecule has 2 aliphatic rings. The molecule has 2 fully saturated rings. The van der Waals surface area contributed by atoms with Crippen LogP contribution in [0.3, 0.4) is 0 Å². The van der Waals surface area contributed by atoms with Crippen LogP contribution in [0, 0.1) is 17.2 Å². The minimum Gasteiger partial charge on any atom is -0.340 e. The topological polar surface area (TPSA) is 84.7 Å². The maximum Gasteiger partial charge on any atom is 0.236 e. The van der Waals surface area contributed by atoms with Gasteiger partial charge in [-0.05, 0) is 42.2 Å². The summed E-state index contributed by atoms with van der Waals surface area (Å²) in [6, 6.07) is 19.1. The number of rotatable bonds is 6. The summed E-state index contributed by atoms with van der Waals surface area (Å²) in [7, 11) is -3.49. The number of nitriles is 1. The molecule has 2 aliphatic heterocycles. The van der Waals surface area contributed by atoms with E-state index < -0.39 is 10.0 Å². The molecule has 7 nitrogen and oxygen atoms in total. The van der Waals surface area contributed by atoms with Crippen molar-refractivity contribution in [1.82, 2.24) is 14.1 Å². The van der Waals surface area contributed by atoms with E-state index in [1.165, 1.54) is 9.71 Å². The van der Waals surface area contributed by atoms with Gasteiger partial charge in [0.15, 0.2) is 0 Å². The van der Waals surface area contributed by atoms with Crippen LogP contribution in [0.4, 0.5) is 0 Å². The Kier molecular flexibility index (Phi) is 7.78. The average Bonchev–Trinajstić information content (AvgIpc) is 2.89. The lowest BCUT2D eigenvalue weighted by Crippen LogP contribution is -2.51. The number of piperidine rings is 1. The van der Waals surface area contributed by atoms with E-state index in [4.69, 9.17) is 5.26 Å². The van der Waals surface area contributed by atoms with Crippen LogP contribution in [0.2, 0.25) is 0 Å². The zero-order valence-electron chi connectivity index (χ0n) is 19.2. The molecule has 0 spiro atoms. The Bertz CT molecular complexity index is 1140. The summed E-state index contributed by atoms with van der Waals surface area (Å²) >= 11 is 0. The fourth-order valence-corrected chi connectivity index (χ4v) is 5.72. The molecule has 2 saturated heterocycles. The van der Waals surface area contributed by atoms with Gasteiger partial charge in [0, 0.05) is 57.1 Å². The van der Waals surface area contributed by atoms with Crippen molar-refractivity contribution in [3.63, 3.8) is 0 Å². The van der Waals surface area contributed by atoms with Crippen molar-refractivity contribution in [2.24, 2.45) is 5.92 Å². The van der Waals surface area contributed by atoms with E-state index in [1.54, 1.807) is 6.08 Å². The van der Waals surface area contributed by atoms with E-state index in [9.17, 15) is 13.2 Å². The first-order valence-corrected chi connectivity index (χ1v) is 13.2. The van der Waals surface area contributed by atoms with Crippen LogP contribution >= 0.6 is 0 Å². The van der Waals surface area contributed by atoms with Crippen molar-refractivity contribution in [3.8, 4) is 6.07 Å². The molecule has 0 saturated carbocycles. The van der Waals surface area contributed by atoms with E-state index in [-0.39, 0.29) is 11.8 Å². The Labute approximate surface area is 201 Å². The Morgan fingerprint density at radius 1 is 0.941 bits per heavy atom. The van der Waals surface area contributed by atoms with Crippen LogP contribution in [0.25, 0.3) is 6.08 Å². The number of carbonyl (C=O) groups excluding carboxylic acids is 1. The van der Waals surface area contributed by atoms with Gasteiger partial charge in [0.25, 0.3) is 0 Å². The van der Waals surface area contributed by atoms with Gasteiger partial charge in [0.1, 0.15) is 0 Å². The van der Waals surface area contributed by atoms with Gasteiger partial charge in [0.05, 0.1) is 11.6 Å². The fraction of sp³-hybridized carbons (Fsp3) is 0.385. The largest absolute Gasteiger partial charge is 0.340 e. The lowest BCUT2D eigenvalue weighted by atomic mass is 9.96. The van der Waals surface area contributed by atoms with Gasteiger partial charge in [-0.15, -0.1) is 0 Å². The summed E-state index contributed by atoms with van der Waals surface area (Å²) in [6.45, 7) is 4.54. The first-order chi connectivity index (χ1) is 16.4. The summed E-state index contributed by atoms with van der Waals surface area (Å²) in [5, 5.41) is 10.2. The molecule has 1 amide bonds. The Hall–Kier alpha value is -2.99. The Morgan fingerprint density at radius 3 is 2.21 bits per heavy atom. The molecule has 0 aromatic heterocycles. The summed E-state index contributed by atoms with van der Waals surface area (Å²) in [4.78, 5) is 17.3. The van der Waals surface area contributed by atoms with Gasteiger partial charge >= 0.3 is 0 Å². The molecule has 2 aromatic rings. The number of nitrogens with zero attached hydrogens (tertiary/aromatic N) is 4. The van der Waals surface area contributed by atoms with Crippen molar-refractivity contribution in [3.05, 3.63) is 76.7 Å². The summed E-state index contributed by atoms with van der Waals surface area (Å²) < 4.78 is 26.8. The molecule has 34 heavy (non-hydrogen) atoms. The Morgan fingerprint density at radius 2 is 1.59 bits per heavy atom. The van der Waals surface area contributed by atoms with Crippen LogP contribution in [0.5, 0.6) is 0 Å². The minimum absolute atomic E-state index is 0.116. The lowest BCUT2D eigenvalue weighted by molar-refractivity contribution is -0.138. The highest BCUT2D eigenvalue weighted by Crippen LogP contribution is 2.23. The molecule has 0 N–H and O–H groups in total. The molecule has 8 heteroatoms. The zero-order chi connectivity index (χ0) is 24.0. The first-order valence-electron chi connectivity index (χ1n) is 11.7. The molecule has 0 aliphatic carbocycles. The van der Waals surface area contributed by atoms with Gasteiger partial charge in [0.2, 0.25) is 15.9 Å². The van der Waals surface area contributed by atoms with Crippen molar-refractivity contribution in [2.75, 3.05) is 39.3 Å². The third kappa shape index (κ3) is 6.11. The second-order valence-corrected chi connectivity index (χ2v) is 10.7. The number of hydrogen-bond donors (Lipinski definition) is 0. The van der Waals surface area contributed by atoms with Crippen molar-refractivity contribution < 1.29 is 13.2 Å². The molecule has 0 atom stereocenters. The van der Waals surface area contributed by atoms with Gasteiger partial charge < -0.3 is 4.90 Å². The fourth-order valence-electron chi connectivity index (χ4n) is 4.50. The second kappa shape index (κ2) is 11.0. The highest BCUT2D eigenvalue weighted by molar-refractivity contribution is 7.92. The molecular formula is C26H30N4O3S. The van der Waals surface area contributed by atoms with Gasteiger partial charge in [-0.2, -0.15) is 9.57 Å². The van der Waals surface area contributed by atoms with Crippen LogP contribution in [-0.4, -0.2) is 67.7 Å². The van der Waals surface area contributed by atoms with E-state index in [1.807, 2.05) is 59.5 Å². The number of amides is 1. The summed E-state index contributed by atoms with van der Waals surface area (Å²) in [5.74, 6) is 0.0320. The first kappa shape index (κ1) is 24.1. The molecule has 2 aromatic carbocycles. The van der Waals surface area contributed by atoms with Crippen LogP contribution < -0.4 is 0 Å². The van der Waals surface area contributed by atoms with Gasteiger partial charge in [-0.25, -0.2) is 8.42 Å². The third-order valence-corrected chi connectivity index (χ3v) is 8.13. The quantitative estimate of drug-likeness (QED) is 0.637. The molecule has 0 unspecified atom stereocenters. The SMILES string of the molecule is N#Cc1ccc(CN2CCN(C(=O)C3CCN(S(=O)(=O)C=Cc4ccccc4)CC3)CC2)cc1. The second-order valence-electron chi connectivity index (χ2n) is 8.84. The van der Waals surface area contributed by atoms with E-state index >= 15 is 0 Å². The van der Waals surface area contributed by atoms with E-state index in [0.29, 0.717) is 44.6 Å². The van der Waals surface area contributed by atoms with Crippen LogP contribution in [0.1, 0.15) is 29.5 Å². The number of sulfonamides is 1.